The number of ether oxygens (including phenoxy) is 1. The molecule has 0 atom stereocenters. The number of hydrogen-bond donors (Lipinski definition) is 0. The summed E-state index contributed by atoms with van der Waals surface area (Å²) in [7, 11) is 1.52. The van der Waals surface area contributed by atoms with E-state index in [4.69, 9.17) is 4.74 Å². The smallest absolute Gasteiger partial charge is 0.259 e. The highest BCUT2D eigenvalue weighted by atomic mass is 16.5. The Kier molecular flexibility index (Phi) is 1.70. The number of methoxy groups -OCH3 is 1. The SMILES string of the molecule is COc1cnc2nccc(=O)n2c1. The molecular weight excluding hydrogens is 170 g/mol. The molecule has 66 valence electrons. The molecule has 2 aromatic heterocycles. The largest absolute Gasteiger partial charge is 0.494 e. The molecule has 2 heterocycles. The molecule has 0 spiro atoms. The van der Waals surface area contributed by atoms with Gasteiger partial charge in [-0.1, -0.05) is 0 Å². The van der Waals surface area contributed by atoms with Crippen molar-refractivity contribution in [2.45, 2.75) is 0 Å². The summed E-state index contributed by atoms with van der Waals surface area (Å²) >= 11 is 0. The number of aromatic nitrogens is 3. The molecule has 2 rings (SSSR count). The summed E-state index contributed by atoms with van der Waals surface area (Å²) in [4.78, 5) is 19.1. The van der Waals surface area contributed by atoms with Crippen LogP contribution in [0.1, 0.15) is 0 Å². The van der Waals surface area contributed by atoms with Crippen LogP contribution in [0.5, 0.6) is 5.75 Å². The van der Waals surface area contributed by atoms with Crippen molar-refractivity contribution in [2.24, 2.45) is 0 Å². The summed E-state index contributed by atoms with van der Waals surface area (Å²) in [6.07, 6.45) is 4.50. The van der Waals surface area contributed by atoms with Crippen molar-refractivity contribution in [3.63, 3.8) is 0 Å². The van der Waals surface area contributed by atoms with E-state index in [0.717, 1.165) is 0 Å². The molecule has 5 heteroatoms. The van der Waals surface area contributed by atoms with Gasteiger partial charge in [0.2, 0.25) is 5.78 Å². The van der Waals surface area contributed by atoms with Crippen molar-refractivity contribution in [3.8, 4) is 5.75 Å². The fraction of sp³-hybridized carbons (Fsp3) is 0.125. The van der Waals surface area contributed by atoms with Crippen LogP contribution in [0.2, 0.25) is 0 Å². The van der Waals surface area contributed by atoms with Gasteiger partial charge in [0.25, 0.3) is 5.56 Å². The molecule has 0 saturated carbocycles. The monoisotopic (exact) mass is 177 g/mol. The molecule has 0 bridgehead atoms. The first-order valence-corrected chi connectivity index (χ1v) is 3.68. The molecule has 0 aliphatic heterocycles. The predicted molar refractivity (Wildman–Crippen MR) is 45.8 cm³/mol. The van der Waals surface area contributed by atoms with Gasteiger partial charge in [-0.05, 0) is 0 Å². The lowest BCUT2D eigenvalue weighted by Crippen LogP contribution is -2.13. The van der Waals surface area contributed by atoms with Gasteiger partial charge in [-0.2, -0.15) is 0 Å². The Labute approximate surface area is 73.6 Å². The molecule has 0 aromatic carbocycles. The van der Waals surface area contributed by atoms with E-state index in [2.05, 4.69) is 9.97 Å². The summed E-state index contributed by atoms with van der Waals surface area (Å²) in [5.41, 5.74) is -0.170. The number of rotatable bonds is 1. The zero-order valence-corrected chi connectivity index (χ0v) is 6.97. The molecule has 0 amide bonds. The van der Waals surface area contributed by atoms with E-state index in [1.165, 1.54) is 30.0 Å². The Balaban J connectivity index is 2.82. The van der Waals surface area contributed by atoms with E-state index >= 15 is 0 Å². The summed E-state index contributed by atoms with van der Waals surface area (Å²) in [5, 5.41) is 0. The van der Waals surface area contributed by atoms with Gasteiger partial charge < -0.3 is 4.74 Å². The zero-order chi connectivity index (χ0) is 9.26. The van der Waals surface area contributed by atoms with Crippen LogP contribution < -0.4 is 10.3 Å². The quantitative estimate of drug-likeness (QED) is 0.619. The van der Waals surface area contributed by atoms with E-state index in [9.17, 15) is 4.79 Å². The second-order valence-electron chi connectivity index (χ2n) is 2.45. The van der Waals surface area contributed by atoms with Gasteiger partial charge in [-0.3, -0.25) is 4.79 Å². The minimum absolute atomic E-state index is 0.170. The number of hydrogen-bond acceptors (Lipinski definition) is 4. The lowest BCUT2D eigenvalue weighted by Gasteiger charge is -2.00. The topological polar surface area (TPSA) is 56.5 Å². The van der Waals surface area contributed by atoms with Crippen molar-refractivity contribution in [2.75, 3.05) is 7.11 Å². The van der Waals surface area contributed by atoms with E-state index in [1.54, 1.807) is 6.20 Å². The van der Waals surface area contributed by atoms with Gasteiger partial charge in [-0.15, -0.1) is 0 Å². The van der Waals surface area contributed by atoms with Crippen LogP contribution >= 0.6 is 0 Å². The third-order valence-electron chi connectivity index (χ3n) is 1.66. The van der Waals surface area contributed by atoms with Crippen molar-refractivity contribution >= 4 is 5.78 Å². The summed E-state index contributed by atoms with van der Waals surface area (Å²) in [6.45, 7) is 0. The lowest BCUT2D eigenvalue weighted by molar-refractivity contribution is 0.410. The highest BCUT2D eigenvalue weighted by Gasteiger charge is 1.98. The molecule has 5 nitrogen and oxygen atoms in total. The maximum atomic E-state index is 11.3. The molecular formula is C8H7N3O2. The van der Waals surface area contributed by atoms with Crippen LogP contribution in [-0.2, 0) is 0 Å². The van der Waals surface area contributed by atoms with E-state index in [0.29, 0.717) is 11.5 Å². The fourth-order valence-electron chi connectivity index (χ4n) is 1.01. The third kappa shape index (κ3) is 1.24. The van der Waals surface area contributed by atoms with E-state index in [1.807, 2.05) is 0 Å². The Hall–Kier alpha value is -1.91. The van der Waals surface area contributed by atoms with Gasteiger partial charge in [0.15, 0.2) is 5.75 Å². The first-order chi connectivity index (χ1) is 6.31. The van der Waals surface area contributed by atoms with Gasteiger partial charge in [0.05, 0.1) is 19.5 Å². The maximum absolute atomic E-state index is 11.3. The summed E-state index contributed by atoms with van der Waals surface area (Å²) in [6, 6.07) is 1.37. The summed E-state index contributed by atoms with van der Waals surface area (Å²) in [5.74, 6) is 0.899. The molecule has 0 unspecified atom stereocenters. The molecule has 13 heavy (non-hydrogen) atoms. The minimum atomic E-state index is -0.170. The Morgan fingerprint density at radius 2 is 2.31 bits per heavy atom. The van der Waals surface area contributed by atoms with Crippen LogP contribution in [0, 0.1) is 0 Å². The minimum Gasteiger partial charge on any atom is -0.494 e. The average Bonchev–Trinajstić information content (AvgIpc) is 2.18. The first-order valence-electron chi connectivity index (χ1n) is 3.68. The Morgan fingerprint density at radius 1 is 1.46 bits per heavy atom. The second-order valence-corrected chi connectivity index (χ2v) is 2.45. The van der Waals surface area contributed by atoms with Crippen LogP contribution in [0.3, 0.4) is 0 Å². The van der Waals surface area contributed by atoms with Gasteiger partial charge in [0, 0.05) is 12.3 Å². The highest BCUT2D eigenvalue weighted by molar-refractivity contribution is 5.29. The Bertz CT molecular complexity index is 492. The third-order valence-corrected chi connectivity index (χ3v) is 1.66. The van der Waals surface area contributed by atoms with Crippen LogP contribution in [-0.4, -0.2) is 21.5 Å². The molecule has 0 aliphatic carbocycles. The molecule has 0 N–H and O–H groups in total. The number of nitrogens with zero attached hydrogens (tertiary/aromatic N) is 3. The standard InChI is InChI=1S/C8H7N3O2/c1-13-6-4-10-8-9-3-2-7(12)11(8)5-6/h2-5H,1H3. The zero-order valence-electron chi connectivity index (χ0n) is 6.97. The molecule has 0 saturated heterocycles. The first kappa shape index (κ1) is 7.72. The fourth-order valence-corrected chi connectivity index (χ4v) is 1.01. The molecule has 0 fully saturated rings. The number of fused-ring (bicyclic) bond motifs is 1. The molecule has 2 aromatic rings. The van der Waals surface area contributed by atoms with Crippen molar-refractivity contribution in [1.82, 2.24) is 14.4 Å². The molecule has 0 aliphatic rings. The highest BCUT2D eigenvalue weighted by Crippen LogP contribution is 2.05. The van der Waals surface area contributed by atoms with Gasteiger partial charge >= 0.3 is 0 Å². The van der Waals surface area contributed by atoms with E-state index < -0.39 is 0 Å². The lowest BCUT2D eigenvalue weighted by atomic mass is 10.5. The van der Waals surface area contributed by atoms with Crippen LogP contribution in [0.15, 0.2) is 29.5 Å². The van der Waals surface area contributed by atoms with Gasteiger partial charge in [0.1, 0.15) is 0 Å². The Morgan fingerprint density at radius 3 is 3.08 bits per heavy atom. The average molecular weight is 177 g/mol. The summed E-state index contributed by atoms with van der Waals surface area (Å²) < 4.78 is 6.26. The second kappa shape index (κ2) is 2.85. The normalized spacial score (nSPS) is 10.2. The van der Waals surface area contributed by atoms with Crippen molar-refractivity contribution < 1.29 is 4.74 Å². The predicted octanol–water partition coefficient (Wildman–Crippen LogP) is 0.0981. The maximum Gasteiger partial charge on any atom is 0.259 e. The molecule has 0 radical (unpaired) electrons. The van der Waals surface area contributed by atoms with Gasteiger partial charge in [-0.25, -0.2) is 14.4 Å². The van der Waals surface area contributed by atoms with E-state index in [-0.39, 0.29) is 5.56 Å². The van der Waals surface area contributed by atoms with Crippen molar-refractivity contribution in [1.29, 1.82) is 0 Å². The van der Waals surface area contributed by atoms with Crippen molar-refractivity contribution in [3.05, 3.63) is 35.0 Å². The van der Waals surface area contributed by atoms with Crippen LogP contribution in [0.25, 0.3) is 5.78 Å². The van der Waals surface area contributed by atoms with Crippen LogP contribution in [0.4, 0.5) is 0 Å².